The molecule has 0 bridgehead atoms. The highest BCUT2D eigenvalue weighted by Gasteiger charge is 2.37. The second-order valence-corrected chi connectivity index (χ2v) is 10.5. The summed E-state index contributed by atoms with van der Waals surface area (Å²) in [6.45, 7) is 6.18. The maximum atomic E-state index is 14.0. The van der Waals surface area contributed by atoms with Gasteiger partial charge in [-0.25, -0.2) is 9.67 Å². The van der Waals surface area contributed by atoms with E-state index in [4.69, 9.17) is 23.9 Å². The number of halogens is 3. The number of aromatic nitrogens is 5. The third-order valence-electron chi connectivity index (χ3n) is 6.97. The molecule has 2 saturated heterocycles. The van der Waals surface area contributed by atoms with Crippen molar-refractivity contribution >= 4 is 27.6 Å². The van der Waals surface area contributed by atoms with Crippen molar-refractivity contribution in [2.75, 3.05) is 31.3 Å². The van der Waals surface area contributed by atoms with E-state index in [-0.39, 0.29) is 17.8 Å². The zero-order valence-corrected chi connectivity index (χ0v) is 21.8. The van der Waals surface area contributed by atoms with Crippen molar-refractivity contribution in [2.45, 2.75) is 51.6 Å². The Morgan fingerprint density at radius 1 is 1.13 bits per heavy atom. The van der Waals surface area contributed by atoms with E-state index in [1.165, 1.54) is 18.3 Å². The minimum Gasteiger partial charge on any atom is -0.377 e. The third kappa shape index (κ3) is 4.54. The molecule has 0 aliphatic carbocycles. The van der Waals surface area contributed by atoms with Crippen molar-refractivity contribution < 1.29 is 22.6 Å². The van der Waals surface area contributed by atoms with Crippen molar-refractivity contribution in [2.24, 2.45) is 0 Å². The molecule has 2 atom stereocenters. The van der Waals surface area contributed by atoms with Crippen LogP contribution in [-0.2, 0) is 15.7 Å². The number of pyridine rings is 2. The van der Waals surface area contributed by atoms with Crippen LogP contribution in [0.25, 0.3) is 32.7 Å². The van der Waals surface area contributed by atoms with Gasteiger partial charge in [0.05, 0.1) is 35.3 Å². The van der Waals surface area contributed by atoms with Crippen molar-refractivity contribution in [1.29, 1.82) is 0 Å². The van der Waals surface area contributed by atoms with E-state index < -0.39 is 11.9 Å². The Hall–Kier alpha value is -3.09. The zero-order valence-electron chi connectivity index (χ0n) is 21.0. The maximum Gasteiger partial charge on any atom is 0.433 e. The normalized spacial score (nSPS) is 20.8. The largest absolute Gasteiger partial charge is 0.433 e. The lowest BCUT2D eigenvalue weighted by Crippen LogP contribution is -2.44. The van der Waals surface area contributed by atoms with E-state index in [0.29, 0.717) is 53.7 Å². The Labute approximate surface area is 221 Å². The maximum absolute atomic E-state index is 14.0. The second-order valence-electron chi connectivity index (χ2n) is 9.69. The van der Waals surface area contributed by atoms with Crippen LogP contribution in [0.1, 0.15) is 43.8 Å². The van der Waals surface area contributed by atoms with Gasteiger partial charge >= 0.3 is 6.18 Å². The fraction of sp³-hybridized carbons (Fsp3) is 0.462. The summed E-state index contributed by atoms with van der Waals surface area (Å²) in [4.78, 5) is 10.8. The van der Waals surface area contributed by atoms with Gasteiger partial charge < -0.3 is 14.4 Å². The number of aryl methyl sites for hydroxylation is 1. The molecule has 2 aliphatic rings. The summed E-state index contributed by atoms with van der Waals surface area (Å²) >= 11 is 1.14. The first kappa shape index (κ1) is 25.2. The van der Waals surface area contributed by atoms with Crippen molar-refractivity contribution in [1.82, 2.24) is 24.1 Å². The summed E-state index contributed by atoms with van der Waals surface area (Å²) in [6, 6.07) is 6.65. The molecule has 4 aromatic heterocycles. The van der Waals surface area contributed by atoms with Gasteiger partial charge in [-0.15, -0.1) is 0 Å². The summed E-state index contributed by atoms with van der Waals surface area (Å²) in [5.41, 5.74) is 2.15. The average molecular weight is 545 g/mol. The van der Waals surface area contributed by atoms with Gasteiger partial charge in [0, 0.05) is 30.5 Å². The number of nitrogens with zero attached hydrogens (tertiary/aromatic N) is 6. The summed E-state index contributed by atoms with van der Waals surface area (Å²) in [7, 11) is 0. The summed E-state index contributed by atoms with van der Waals surface area (Å²) in [5, 5.41) is 4.69. The van der Waals surface area contributed by atoms with Gasteiger partial charge in [-0.1, -0.05) is 6.07 Å². The first-order chi connectivity index (χ1) is 18.3. The molecule has 0 radical (unpaired) electrons. The minimum absolute atomic E-state index is 0.00469. The Morgan fingerprint density at radius 2 is 2.00 bits per heavy atom. The van der Waals surface area contributed by atoms with E-state index in [2.05, 4.69) is 9.88 Å². The zero-order chi connectivity index (χ0) is 26.4. The lowest BCUT2D eigenvalue weighted by Gasteiger charge is -2.34. The Bertz CT molecular complexity index is 1460. The molecule has 0 N–H and O–H groups in total. The molecule has 0 amide bonds. The van der Waals surface area contributed by atoms with Gasteiger partial charge in [0.25, 0.3) is 0 Å². The minimum atomic E-state index is -4.61. The van der Waals surface area contributed by atoms with E-state index in [1.807, 2.05) is 24.6 Å². The molecular formula is C26H27F3N6O2S. The molecule has 0 spiro atoms. The Balaban J connectivity index is 1.58. The van der Waals surface area contributed by atoms with Crippen LogP contribution in [0.15, 0.2) is 30.5 Å². The topological polar surface area (TPSA) is 78.2 Å². The molecule has 8 nitrogen and oxygen atoms in total. The highest BCUT2D eigenvalue weighted by atomic mass is 32.1. The average Bonchev–Trinajstić information content (AvgIpc) is 3.51. The van der Waals surface area contributed by atoms with E-state index >= 15 is 0 Å². The fourth-order valence-corrected chi connectivity index (χ4v) is 6.03. The quantitative estimate of drug-likeness (QED) is 0.318. The lowest BCUT2D eigenvalue weighted by molar-refractivity contribution is -0.140. The summed E-state index contributed by atoms with van der Waals surface area (Å²) in [6.07, 6.45) is -0.801. The smallest absolute Gasteiger partial charge is 0.377 e. The van der Waals surface area contributed by atoms with Crippen LogP contribution in [0, 0.1) is 6.92 Å². The van der Waals surface area contributed by atoms with Crippen LogP contribution in [0.2, 0.25) is 0 Å². The number of morpholine rings is 1. The molecule has 2 fully saturated rings. The molecule has 38 heavy (non-hydrogen) atoms. The van der Waals surface area contributed by atoms with Crippen molar-refractivity contribution in [3.05, 3.63) is 41.9 Å². The van der Waals surface area contributed by atoms with Gasteiger partial charge in [0.1, 0.15) is 17.0 Å². The van der Waals surface area contributed by atoms with Gasteiger partial charge in [0.2, 0.25) is 0 Å². The van der Waals surface area contributed by atoms with Crippen LogP contribution in [0.5, 0.6) is 0 Å². The van der Waals surface area contributed by atoms with Crippen LogP contribution >= 0.6 is 11.5 Å². The Morgan fingerprint density at radius 3 is 2.76 bits per heavy atom. The summed E-state index contributed by atoms with van der Waals surface area (Å²) in [5.74, 6) is 0.582. The van der Waals surface area contributed by atoms with Crippen LogP contribution < -0.4 is 4.90 Å². The number of alkyl halides is 3. The SMILES string of the molecule is Cc1cc(-c2nsc3c(-c4cccnc4C(F)(F)F)cc(N4CCOCC4C)nc23)n(C2CCCCO2)n1. The lowest BCUT2D eigenvalue weighted by atomic mass is 10.0. The predicted octanol–water partition coefficient (Wildman–Crippen LogP) is 5.87. The van der Waals surface area contributed by atoms with Gasteiger partial charge in [-0.3, -0.25) is 4.98 Å². The molecule has 0 saturated carbocycles. The number of hydrogen-bond donors (Lipinski definition) is 0. The molecule has 6 heterocycles. The Kier molecular flexibility index (Phi) is 6.57. The predicted molar refractivity (Wildman–Crippen MR) is 138 cm³/mol. The van der Waals surface area contributed by atoms with E-state index in [0.717, 1.165) is 42.2 Å². The van der Waals surface area contributed by atoms with Gasteiger partial charge in [0.15, 0.2) is 11.9 Å². The van der Waals surface area contributed by atoms with Gasteiger partial charge in [-0.05, 0) is 62.8 Å². The molecule has 2 aliphatic heterocycles. The van der Waals surface area contributed by atoms with Crippen molar-refractivity contribution in [3.63, 3.8) is 0 Å². The number of fused-ring (bicyclic) bond motifs is 1. The summed E-state index contributed by atoms with van der Waals surface area (Å²) < 4.78 is 60.9. The second kappa shape index (κ2) is 9.90. The molecule has 0 aromatic carbocycles. The highest BCUT2D eigenvalue weighted by Crippen LogP contribution is 2.43. The standard InChI is InChI=1S/C26H27F3N6O2S/c1-15-12-19(35(32-15)21-7-3-4-10-37-21)22-23-24(38-33-22)18(17-6-5-8-30-25(17)26(27,28)29)13-20(31-23)34-9-11-36-14-16(34)2/h5-6,8,12-13,16,21H,3-4,7,9-11,14H2,1-2H3. The number of ether oxygens (including phenoxy) is 2. The number of hydrogen-bond acceptors (Lipinski definition) is 8. The molecule has 12 heteroatoms. The first-order valence-corrected chi connectivity index (χ1v) is 13.4. The molecule has 4 aromatic rings. The van der Waals surface area contributed by atoms with Crippen LogP contribution in [-0.4, -0.2) is 56.5 Å². The van der Waals surface area contributed by atoms with E-state index in [1.54, 1.807) is 6.07 Å². The van der Waals surface area contributed by atoms with E-state index in [9.17, 15) is 13.2 Å². The van der Waals surface area contributed by atoms with Gasteiger partial charge in [-0.2, -0.15) is 22.6 Å². The molecule has 2 unspecified atom stereocenters. The monoisotopic (exact) mass is 544 g/mol. The number of rotatable bonds is 4. The van der Waals surface area contributed by atoms with Crippen LogP contribution in [0.4, 0.5) is 19.0 Å². The molecule has 200 valence electrons. The number of anilines is 1. The first-order valence-electron chi connectivity index (χ1n) is 12.7. The van der Waals surface area contributed by atoms with Crippen molar-refractivity contribution in [3.8, 4) is 22.5 Å². The third-order valence-corrected chi connectivity index (χ3v) is 7.84. The van der Waals surface area contributed by atoms with Crippen LogP contribution in [0.3, 0.4) is 0 Å². The fourth-order valence-electron chi connectivity index (χ4n) is 5.17. The highest BCUT2D eigenvalue weighted by molar-refractivity contribution is 7.14. The molecule has 6 rings (SSSR count). The molecular weight excluding hydrogens is 517 g/mol.